The normalized spacial score (nSPS) is 12.6. The van der Waals surface area contributed by atoms with Crippen molar-refractivity contribution in [3.05, 3.63) is 95.3 Å². The van der Waals surface area contributed by atoms with Crippen molar-refractivity contribution >= 4 is 11.4 Å². The first-order valence-corrected chi connectivity index (χ1v) is 9.04. The van der Waals surface area contributed by atoms with Crippen LogP contribution in [0.2, 0.25) is 0 Å². The molecule has 3 rings (SSSR count). The van der Waals surface area contributed by atoms with Crippen molar-refractivity contribution in [1.82, 2.24) is 4.98 Å². The fourth-order valence-corrected chi connectivity index (χ4v) is 3.34. The second-order valence-corrected chi connectivity index (χ2v) is 6.88. The van der Waals surface area contributed by atoms with E-state index in [1.54, 1.807) is 12.4 Å². The van der Waals surface area contributed by atoms with Crippen molar-refractivity contribution in [3.63, 3.8) is 0 Å². The molecule has 27 heavy (non-hydrogen) atoms. The van der Waals surface area contributed by atoms with Gasteiger partial charge in [0.1, 0.15) is 0 Å². The number of oxime groups is 1. The number of aryl methyl sites for hydroxylation is 1. The van der Waals surface area contributed by atoms with Crippen LogP contribution in [0.1, 0.15) is 34.6 Å². The molecule has 4 nitrogen and oxygen atoms in total. The first-order valence-electron chi connectivity index (χ1n) is 9.04. The Balaban J connectivity index is 2.01. The minimum absolute atomic E-state index is 0.0986. The Morgan fingerprint density at radius 1 is 1.00 bits per heavy atom. The molecular weight excluding hydrogens is 334 g/mol. The molecule has 1 N–H and O–H groups in total. The maximum atomic E-state index is 9.67. The Hall–Kier alpha value is -3.14. The van der Waals surface area contributed by atoms with E-state index >= 15 is 0 Å². The number of aromatic nitrogens is 1. The van der Waals surface area contributed by atoms with Gasteiger partial charge in [-0.1, -0.05) is 41.6 Å². The highest BCUT2D eigenvalue weighted by molar-refractivity contribution is 6.00. The van der Waals surface area contributed by atoms with Gasteiger partial charge in [0.2, 0.25) is 0 Å². The monoisotopic (exact) mass is 359 g/mol. The highest BCUT2D eigenvalue weighted by atomic mass is 16.4. The van der Waals surface area contributed by atoms with Crippen LogP contribution in [-0.4, -0.2) is 30.0 Å². The molecule has 0 saturated carbocycles. The molecule has 138 valence electrons. The van der Waals surface area contributed by atoms with Gasteiger partial charge in [-0.05, 0) is 47.9 Å². The van der Waals surface area contributed by atoms with Crippen molar-refractivity contribution in [3.8, 4) is 0 Å². The predicted molar refractivity (Wildman–Crippen MR) is 111 cm³/mol. The summed E-state index contributed by atoms with van der Waals surface area (Å²) < 4.78 is 0. The highest BCUT2D eigenvalue weighted by Crippen LogP contribution is 2.32. The van der Waals surface area contributed by atoms with Crippen LogP contribution >= 0.6 is 0 Å². The van der Waals surface area contributed by atoms with E-state index in [-0.39, 0.29) is 5.92 Å². The first kappa shape index (κ1) is 18.6. The topological polar surface area (TPSA) is 48.7 Å². The maximum Gasteiger partial charge on any atom is 0.0878 e. The summed E-state index contributed by atoms with van der Waals surface area (Å²) >= 11 is 0. The third-order valence-electron chi connectivity index (χ3n) is 4.91. The maximum absolute atomic E-state index is 9.67. The molecule has 0 aliphatic heterocycles. The summed E-state index contributed by atoms with van der Waals surface area (Å²) in [7, 11) is 4.07. The fraction of sp³-hybridized carbons (Fsp3) is 0.217. The zero-order valence-electron chi connectivity index (χ0n) is 16.0. The van der Waals surface area contributed by atoms with E-state index in [0.29, 0.717) is 12.1 Å². The quantitative estimate of drug-likeness (QED) is 0.388. The fourth-order valence-electron chi connectivity index (χ4n) is 3.34. The van der Waals surface area contributed by atoms with Gasteiger partial charge in [0.15, 0.2) is 0 Å². The smallest absolute Gasteiger partial charge is 0.0878 e. The summed E-state index contributed by atoms with van der Waals surface area (Å²) in [5, 5.41) is 13.3. The van der Waals surface area contributed by atoms with Crippen molar-refractivity contribution < 1.29 is 5.21 Å². The van der Waals surface area contributed by atoms with Crippen LogP contribution in [0.5, 0.6) is 0 Å². The molecule has 0 saturated heterocycles. The van der Waals surface area contributed by atoms with Gasteiger partial charge in [-0.25, -0.2) is 0 Å². The van der Waals surface area contributed by atoms with Gasteiger partial charge in [0, 0.05) is 50.1 Å². The number of rotatable bonds is 6. The molecule has 1 atom stereocenters. The molecule has 0 aliphatic rings. The van der Waals surface area contributed by atoms with Gasteiger partial charge in [0.05, 0.1) is 5.71 Å². The molecule has 0 spiro atoms. The molecule has 0 fully saturated rings. The lowest BCUT2D eigenvalue weighted by atomic mass is 9.83. The number of hydrogen-bond donors (Lipinski definition) is 1. The molecule has 0 bridgehead atoms. The summed E-state index contributed by atoms with van der Waals surface area (Å²) in [5.41, 5.74) is 6.37. The summed E-state index contributed by atoms with van der Waals surface area (Å²) in [6, 6.07) is 20.7. The Kier molecular flexibility index (Phi) is 5.87. The van der Waals surface area contributed by atoms with Crippen molar-refractivity contribution in [1.29, 1.82) is 0 Å². The summed E-state index contributed by atoms with van der Waals surface area (Å²) in [5.74, 6) is 0.0986. The molecule has 0 radical (unpaired) electrons. The molecule has 3 aromatic rings. The predicted octanol–water partition coefficient (Wildman–Crippen LogP) is 4.86. The number of anilines is 1. The van der Waals surface area contributed by atoms with Gasteiger partial charge in [-0.3, -0.25) is 4.98 Å². The van der Waals surface area contributed by atoms with Gasteiger partial charge in [-0.15, -0.1) is 0 Å². The molecule has 0 aliphatic carbocycles. The van der Waals surface area contributed by atoms with Crippen LogP contribution in [-0.2, 0) is 0 Å². The van der Waals surface area contributed by atoms with Crippen LogP contribution in [0, 0.1) is 6.92 Å². The Morgan fingerprint density at radius 3 is 2.26 bits per heavy atom. The van der Waals surface area contributed by atoms with Crippen LogP contribution in [0.15, 0.2) is 78.2 Å². The number of nitrogens with zero attached hydrogens (tertiary/aromatic N) is 3. The molecule has 1 heterocycles. The van der Waals surface area contributed by atoms with Crippen molar-refractivity contribution in [2.45, 2.75) is 19.3 Å². The van der Waals surface area contributed by atoms with E-state index < -0.39 is 0 Å². The lowest BCUT2D eigenvalue weighted by molar-refractivity contribution is 0.317. The zero-order valence-corrected chi connectivity index (χ0v) is 16.0. The van der Waals surface area contributed by atoms with E-state index in [0.717, 1.165) is 11.3 Å². The number of benzene rings is 2. The van der Waals surface area contributed by atoms with Crippen molar-refractivity contribution in [2.75, 3.05) is 19.0 Å². The Morgan fingerprint density at radius 2 is 1.67 bits per heavy atom. The zero-order chi connectivity index (χ0) is 19.2. The molecule has 2 aromatic carbocycles. The third-order valence-corrected chi connectivity index (χ3v) is 4.91. The number of hydrogen-bond acceptors (Lipinski definition) is 4. The minimum atomic E-state index is 0.0986. The van der Waals surface area contributed by atoms with E-state index in [1.807, 2.05) is 26.2 Å². The van der Waals surface area contributed by atoms with Crippen LogP contribution in [0.4, 0.5) is 5.69 Å². The summed E-state index contributed by atoms with van der Waals surface area (Å²) in [4.78, 5) is 6.14. The van der Waals surface area contributed by atoms with Gasteiger partial charge < -0.3 is 10.1 Å². The van der Waals surface area contributed by atoms with E-state index in [1.165, 1.54) is 16.7 Å². The van der Waals surface area contributed by atoms with Crippen LogP contribution < -0.4 is 4.90 Å². The van der Waals surface area contributed by atoms with Crippen LogP contribution in [0.25, 0.3) is 0 Å². The molecule has 4 heteroatoms. The second kappa shape index (κ2) is 8.49. The van der Waals surface area contributed by atoms with Crippen LogP contribution in [0.3, 0.4) is 0 Å². The van der Waals surface area contributed by atoms with Crippen molar-refractivity contribution in [2.24, 2.45) is 5.16 Å². The van der Waals surface area contributed by atoms with E-state index in [2.05, 4.69) is 70.5 Å². The second-order valence-electron chi connectivity index (χ2n) is 6.88. The molecule has 0 amide bonds. The summed E-state index contributed by atoms with van der Waals surface area (Å²) in [6.45, 7) is 2.12. The first-order chi connectivity index (χ1) is 13.1. The summed E-state index contributed by atoms with van der Waals surface area (Å²) in [6.07, 6.45) is 4.04. The molecule has 1 unspecified atom stereocenters. The lowest BCUT2D eigenvalue weighted by Gasteiger charge is -2.22. The number of pyridine rings is 1. The average Bonchev–Trinajstić information content (AvgIpc) is 2.70. The lowest BCUT2D eigenvalue weighted by Crippen LogP contribution is -2.12. The van der Waals surface area contributed by atoms with Gasteiger partial charge in [0.25, 0.3) is 0 Å². The van der Waals surface area contributed by atoms with E-state index in [9.17, 15) is 5.21 Å². The third kappa shape index (κ3) is 4.34. The largest absolute Gasteiger partial charge is 0.411 e. The Bertz CT molecular complexity index is 902. The SMILES string of the molecule is Cc1ccccc1C(C/C(=N\O)c1ccncc1)c1ccc(N(C)C)cc1. The van der Waals surface area contributed by atoms with E-state index in [4.69, 9.17) is 0 Å². The van der Waals surface area contributed by atoms with Gasteiger partial charge >= 0.3 is 0 Å². The standard InChI is InChI=1S/C23H25N3O/c1-17-6-4-5-7-21(17)22(18-8-10-20(11-9-18)26(2)3)16-23(25-27)19-12-14-24-15-13-19/h4-15,22,27H,16H2,1-3H3/b25-23+. The Labute approximate surface area is 160 Å². The molecule has 1 aromatic heterocycles. The minimum Gasteiger partial charge on any atom is -0.411 e. The average molecular weight is 359 g/mol. The van der Waals surface area contributed by atoms with Gasteiger partial charge in [-0.2, -0.15) is 0 Å². The highest BCUT2D eigenvalue weighted by Gasteiger charge is 2.20. The molecular formula is C23H25N3O.